The number of rotatable bonds is 3. The van der Waals surface area contributed by atoms with Crippen molar-refractivity contribution in [2.24, 2.45) is 173 Å². The molecule has 0 heteroatoms. The van der Waals surface area contributed by atoms with Crippen LogP contribution in [-0.2, 0) is 0 Å². The van der Waals surface area contributed by atoms with E-state index in [-0.39, 0.29) is 7.43 Å². The highest BCUT2D eigenvalue weighted by Gasteiger charge is 2.71. The molecular formula is C71H122. The van der Waals surface area contributed by atoms with E-state index in [2.05, 4.69) is 151 Å². The Morgan fingerprint density at radius 3 is 1.01 bits per heavy atom. The molecule has 0 aromatic carbocycles. The van der Waals surface area contributed by atoms with E-state index in [0.29, 0.717) is 54.1 Å². The van der Waals surface area contributed by atoms with Gasteiger partial charge in [0, 0.05) is 0 Å². The van der Waals surface area contributed by atoms with E-state index >= 15 is 0 Å². The van der Waals surface area contributed by atoms with Crippen molar-refractivity contribution in [1.82, 2.24) is 0 Å². The van der Waals surface area contributed by atoms with Gasteiger partial charge >= 0.3 is 0 Å². The zero-order valence-electron chi connectivity index (χ0n) is 50.6. The molecule has 71 heavy (non-hydrogen) atoms. The quantitative estimate of drug-likeness (QED) is 0.247. The molecule has 21 aliphatic carbocycles. The van der Waals surface area contributed by atoms with Crippen molar-refractivity contribution in [2.45, 2.75) is 262 Å². The molecule has 0 saturated heterocycles. The van der Waals surface area contributed by atoms with Crippen molar-refractivity contribution in [1.29, 1.82) is 0 Å². The lowest BCUT2D eigenvalue weighted by Crippen LogP contribution is -2.68. The second-order valence-corrected chi connectivity index (χ2v) is 35.7. The Kier molecular flexibility index (Phi) is 12.7. The highest BCUT2D eigenvalue weighted by Crippen LogP contribution is 2.79. The minimum Gasteiger partial charge on any atom is -0.0850 e. The molecule has 23 unspecified atom stereocenters. The molecule has 23 atom stereocenters. The van der Waals surface area contributed by atoms with Crippen molar-refractivity contribution in [3.8, 4) is 0 Å². The second kappa shape index (κ2) is 16.6. The molecule has 0 spiro atoms. The van der Waals surface area contributed by atoms with Gasteiger partial charge in [-0.3, -0.25) is 0 Å². The lowest BCUT2D eigenvalue weighted by molar-refractivity contribution is -0.267. The van der Waals surface area contributed by atoms with E-state index in [1.54, 1.807) is 44.1 Å². The average molecular weight is 976 g/mol. The molecule has 406 valence electrons. The Morgan fingerprint density at radius 1 is 0.352 bits per heavy atom. The van der Waals surface area contributed by atoms with Crippen LogP contribution in [0.15, 0.2) is 11.6 Å². The molecule has 19 saturated carbocycles. The van der Waals surface area contributed by atoms with Crippen molar-refractivity contribution >= 4 is 0 Å². The SMILES string of the molecule is C.CC1(C)C2CCC(C)(C3(C)CCC4CC3C4(C)C)C1C2.CC1=CCC2CC1C2(C)C.CC1C(C2CC3CC(C2C)C3(C)C)CC2CC1C2(C)C.CC1C2CC(CC1C1(C)CCC3CC1C3(C)C)C2(C)C. The molecule has 0 nitrogen and oxygen atoms in total. The molecule has 0 aliphatic heterocycles. The van der Waals surface area contributed by atoms with Crippen LogP contribution in [0.25, 0.3) is 0 Å². The third-order valence-corrected chi connectivity index (χ3v) is 32.4. The number of hydrogen-bond donors (Lipinski definition) is 0. The van der Waals surface area contributed by atoms with Gasteiger partial charge in [-0.15, -0.1) is 0 Å². The fourth-order valence-corrected chi connectivity index (χ4v) is 25.8. The number of fused-ring (bicyclic) bond motifs is 16. The van der Waals surface area contributed by atoms with Gasteiger partial charge in [0.25, 0.3) is 0 Å². The van der Waals surface area contributed by atoms with Gasteiger partial charge in [-0.05, 0) is 289 Å². The van der Waals surface area contributed by atoms with Crippen molar-refractivity contribution < 1.29 is 0 Å². The molecule has 19 fully saturated rings. The molecule has 21 rings (SSSR count). The van der Waals surface area contributed by atoms with E-state index in [0.717, 1.165) is 118 Å². The van der Waals surface area contributed by atoms with Gasteiger partial charge in [0.1, 0.15) is 0 Å². The Balaban J connectivity index is 0.000000112. The molecular weight excluding hydrogens is 853 g/mol. The molecule has 0 heterocycles. The van der Waals surface area contributed by atoms with E-state index in [4.69, 9.17) is 0 Å². The zero-order chi connectivity index (χ0) is 50.9. The van der Waals surface area contributed by atoms with Gasteiger partial charge in [0.2, 0.25) is 0 Å². The molecule has 0 aromatic heterocycles. The summed E-state index contributed by atoms with van der Waals surface area (Å²) in [5.74, 6) is 20.3. The molecule has 14 bridgehead atoms. The molecule has 21 aliphatic rings. The summed E-state index contributed by atoms with van der Waals surface area (Å²) in [7, 11) is 0. The van der Waals surface area contributed by atoms with Crippen LogP contribution in [0.3, 0.4) is 0 Å². The van der Waals surface area contributed by atoms with Gasteiger partial charge < -0.3 is 0 Å². The second-order valence-electron chi connectivity index (χ2n) is 35.7. The summed E-state index contributed by atoms with van der Waals surface area (Å²) >= 11 is 0. The summed E-state index contributed by atoms with van der Waals surface area (Å²) in [6.07, 6.45) is 28.2. The first kappa shape index (κ1) is 54.1. The van der Waals surface area contributed by atoms with Crippen LogP contribution in [0, 0.1) is 173 Å². The standard InChI is InChI=1S/3C20H34.C10H16.CH4/c1-11-15(7-13-9-17(11)19(13,3)4)16-8-14-10-18(12(16)2)20(14,5)6;1-17(2)13-7-9-19(5,15(17)11-13)20(6)10-8-14-12-16(20)18(14,3)4;1-12-15-9-14(18(15,2)3)10-16(12)20(6)8-7-13-11-17(20)19(13,4)5;1-7-4-5-8-6-9(7)10(8,2)3;/h11-18H,7-10H2,1-6H3;13-16H,7-12H2,1-6H3;12-17H,7-11H2,1-6H3;4,8-9H,5-6H2,1-3H3;1H4. The summed E-state index contributed by atoms with van der Waals surface area (Å²) in [5, 5.41) is 0. The first-order valence-electron chi connectivity index (χ1n) is 31.9. The minimum absolute atomic E-state index is 0. The lowest BCUT2D eigenvalue weighted by atomic mass is 9.29. The topological polar surface area (TPSA) is 0 Å². The fraction of sp³-hybridized carbons (Fsp3) is 0.972. The van der Waals surface area contributed by atoms with Crippen molar-refractivity contribution in [3.05, 3.63) is 11.6 Å². The van der Waals surface area contributed by atoms with Crippen LogP contribution in [0.1, 0.15) is 262 Å². The molecule has 0 amide bonds. The highest BCUT2D eigenvalue weighted by molar-refractivity contribution is 5.22. The van der Waals surface area contributed by atoms with E-state index in [1.807, 2.05) is 0 Å². The van der Waals surface area contributed by atoms with Crippen LogP contribution >= 0.6 is 0 Å². The highest BCUT2D eigenvalue weighted by atomic mass is 14.8. The Bertz CT molecular complexity index is 1960. The third kappa shape index (κ3) is 7.14. The van der Waals surface area contributed by atoms with Crippen LogP contribution in [0.2, 0.25) is 0 Å². The maximum atomic E-state index is 2.70. The molecule has 0 aromatic rings. The predicted octanol–water partition coefficient (Wildman–Crippen LogP) is 20.9. The van der Waals surface area contributed by atoms with Crippen LogP contribution in [-0.4, -0.2) is 0 Å². The van der Waals surface area contributed by atoms with E-state index < -0.39 is 0 Å². The minimum atomic E-state index is 0. The van der Waals surface area contributed by atoms with Gasteiger partial charge in [0.15, 0.2) is 0 Å². The van der Waals surface area contributed by atoms with Gasteiger partial charge in [0.05, 0.1) is 0 Å². The number of allylic oxidation sites excluding steroid dienone is 2. The maximum absolute atomic E-state index is 2.70. The van der Waals surface area contributed by atoms with Gasteiger partial charge in [-0.1, -0.05) is 158 Å². The molecule has 0 N–H and O–H groups in total. The van der Waals surface area contributed by atoms with Crippen LogP contribution < -0.4 is 0 Å². The Hall–Kier alpha value is -0.260. The van der Waals surface area contributed by atoms with Crippen LogP contribution in [0.4, 0.5) is 0 Å². The van der Waals surface area contributed by atoms with E-state index in [9.17, 15) is 0 Å². The summed E-state index contributed by atoms with van der Waals surface area (Å²) in [4.78, 5) is 0. The first-order valence-corrected chi connectivity index (χ1v) is 31.9. The Morgan fingerprint density at radius 2 is 0.718 bits per heavy atom. The third-order valence-electron chi connectivity index (χ3n) is 32.4. The monoisotopic (exact) mass is 975 g/mol. The van der Waals surface area contributed by atoms with E-state index in [1.165, 1.54) is 70.6 Å². The maximum Gasteiger partial charge on any atom is -0.0149 e. The Labute approximate surface area is 444 Å². The first-order chi connectivity index (χ1) is 32.2. The summed E-state index contributed by atoms with van der Waals surface area (Å²) in [6, 6.07) is 0. The zero-order valence-corrected chi connectivity index (χ0v) is 50.6. The summed E-state index contributed by atoms with van der Waals surface area (Å²) in [5.41, 5.74) is 8.03. The van der Waals surface area contributed by atoms with Gasteiger partial charge in [-0.25, -0.2) is 0 Å². The smallest absolute Gasteiger partial charge is 0.0149 e. The predicted molar refractivity (Wildman–Crippen MR) is 307 cm³/mol. The average Bonchev–Trinajstić information content (AvgIpc) is 3.28. The summed E-state index contributed by atoms with van der Waals surface area (Å²) in [6.45, 7) is 53.7. The number of hydrogen-bond acceptors (Lipinski definition) is 0. The largest absolute Gasteiger partial charge is 0.0850 e. The summed E-state index contributed by atoms with van der Waals surface area (Å²) < 4.78 is 0. The fourth-order valence-electron chi connectivity index (χ4n) is 25.8. The van der Waals surface area contributed by atoms with Crippen molar-refractivity contribution in [2.75, 3.05) is 0 Å². The molecule has 0 radical (unpaired) electrons. The van der Waals surface area contributed by atoms with Crippen molar-refractivity contribution in [3.63, 3.8) is 0 Å². The van der Waals surface area contributed by atoms with Gasteiger partial charge in [-0.2, -0.15) is 0 Å². The normalized spacial score (nSPS) is 55.4. The van der Waals surface area contributed by atoms with Crippen LogP contribution in [0.5, 0.6) is 0 Å². The lowest BCUT2D eigenvalue weighted by Gasteiger charge is -2.75.